The van der Waals surface area contributed by atoms with Crippen LogP contribution < -0.4 is 10.6 Å². The van der Waals surface area contributed by atoms with Crippen LogP contribution in [0.2, 0.25) is 0 Å². The van der Waals surface area contributed by atoms with Crippen LogP contribution in [0, 0.1) is 0 Å². The molecule has 0 unspecified atom stereocenters. The molecule has 5 heteroatoms. The molecule has 1 aromatic carbocycles. The smallest absolute Gasteiger partial charge is 0.313 e. The van der Waals surface area contributed by atoms with Gasteiger partial charge in [0.15, 0.2) is 0 Å². The van der Waals surface area contributed by atoms with Crippen molar-refractivity contribution in [3.05, 3.63) is 59.4 Å². The summed E-state index contributed by atoms with van der Waals surface area (Å²) in [6, 6.07) is 9.48. The molecule has 144 valence electrons. The summed E-state index contributed by atoms with van der Waals surface area (Å²) in [6.45, 7) is 12.9. The molecule has 0 bridgehead atoms. The summed E-state index contributed by atoms with van der Waals surface area (Å²) >= 11 is 0. The maximum Gasteiger partial charge on any atom is 0.313 e. The van der Waals surface area contributed by atoms with Gasteiger partial charge in [-0.15, -0.1) is 0 Å². The zero-order chi connectivity index (χ0) is 20.2. The van der Waals surface area contributed by atoms with Gasteiger partial charge in [-0.25, -0.2) is 0 Å². The molecule has 2 aromatic rings. The molecule has 0 radical (unpaired) electrons. The molecule has 0 aliphatic heterocycles. The number of rotatable bonds is 3. The summed E-state index contributed by atoms with van der Waals surface area (Å²) in [6.07, 6.45) is 3.46. The van der Waals surface area contributed by atoms with E-state index in [1.165, 1.54) is 0 Å². The van der Waals surface area contributed by atoms with Gasteiger partial charge in [0.25, 0.3) is 0 Å². The Hall–Kier alpha value is -2.69. The van der Waals surface area contributed by atoms with Gasteiger partial charge in [0.1, 0.15) is 0 Å². The van der Waals surface area contributed by atoms with Gasteiger partial charge in [-0.05, 0) is 45.7 Å². The molecule has 2 rings (SSSR count). The average molecular weight is 367 g/mol. The highest BCUT2D eigenvalue weighted by atomic mass is 16.2. The molecule has 1 aromatic heterocycles. The summed E-state index contributed by atoms with van der Waals surface area (Å²) in [4.78, 5) is 28.4. The maximum atomic E-state index is 12.2. The monoisotopic (exact) mass is 367 g/mol. The van der Waals surface area contributed by atoms with Gasteiger partial charge >= 0.3 is 11.8 Å². The fourth-order valence-electron chi connectivity index (χ4n) is 2.80. The second-order valence-electron chi connectivity index (χ2n) is 8.75. The van der Waals surface area contributed by atoms with Crippen molar-refractivity contribution in [2.24, 2.45) is 0 Å². The minimum atomic E-state index is -0.681. The van der Waals surface area contributed by atoms with Gasteiger partial charge in [-0.1, -0.05) is 53.7 Å². The number of amides is 2. The number of anilines is 1. The summed E-state index contributed by atoms with van der Waals surface area (Å²) in [5, 5.41) is 5.31. The third kappa shape index (κ3) is 5.64. The lowest BCUT2D eigenvalue weighted by molar-refractivity contribution is -0.136. The number of benzene rings is 1. The van der Waals surface area contributed by atoms with E-state index in [2.05, 4.69) is 57.2 Å². The lowest BCUT2D eigenvalue weighted by Gasteiger charge is -2.22. The highest BCUT2D eigenvalue weighted by Gasteiger charge is 2.20. The molecule has 1 heterocycles. The second kappa shape index (κ2) is 7.91. The Morgan fingerprint density at radius 1 is 0.889 bits per heavy atom. The molecule has 0 fully saturated rings. The second-order valence-corrected chi connectivity index (χ2v) is 8.75. The quantitative estimate of drug-likeness (QED) is 0.808. The van der Waals surface area contributed by atoms with E-state index in [4.69, 9.17) is 0 Å². The molecule has 2 amide bonds. The molecule has 0 atom stereocenters. The predicted molar refractivity (Wildman–Crippen MR) is 109 cm³/mol. The highest BCUT2D eigenvalue weighted by molar-refractivity contribution is 6.39. The van der Waals surface area contributed by atoms with Crippen molar-refractivity contribution in [2.75, 3.05) is 5.32 Å². The standard InChI is InChI=1S/C22H29N3O2/c1-21(2,3)16-7-9-17(10-8-16)25-20(27)19(26)24-14-15-13-23-12-11-18(15)22(4,5)6/h7-13H,14H2,1-6H3,(H,24,26)(H,25,27). The summed E-state index contributed by atoms with van der Waals surface area (Å²) in [7, 11) is 0. The Morgan fingerprint density at radius 3 is 2.07 bits per heavy atom. The van der Waals surface area contributed by atoms with Crippen molar-refractivity contribution in [2.45, 2.75) is 58.9 Å². The van der Waals surface area contributed by atoms with E-state index in [0.717, 1.165) is 16.7 Å². The number of nitrogens with zero attached hydrogens (tertiary/aromatic N) is 1. The summed E-state index contributed by atoms with van der Waals surface area (Å²) in [5.74, 6) is -1.35. The maximum absolute atomic E-state index is 12.2. The Bertz CT molecular complexity index is 813. The number of carbonyl (C=O) groups is 2. The van der Waals surface area contributed by atoms with Gasteiger partial charge in [0.05, 0.1) is 0 Å². The van der Waals surface area contributed by atoms with Crippen LogP contribution in [0.3, 0.4) is 0 Å². The Morgan fingerprint density at radius 2 is 1.52 bits per heavy atom. The number of pyridine rings is 1. The minimum absolute atomic E-state index is 0.0361. The topological polar surface area (TPSA) is 71.1 Å². The minimum Gasteiger partial charge on any atom is -0.344 e. The lowest BCUT2D eigenvalue weighted by Crippen LogP contribution is -2.35. The third-order valence-electron chi connectivity index (χ3n) is 4.37. The number of hydrogen-bond acceptors (Lipinski definition) is 3. The van der Waals surface area contributed by atoms with Crippen LogP contribution in [0.1, 0.15) is 58.2 Å². The molecule has 0 aliphatic rings. The molecular formula is C22H29N3O2. The Labute approximate surface area is 161 Å². The number of hydrogen-bond donors (Lipinski definition) is 2. The van der Waals surface area contributed by atoms with Gasteiger partial charge in [-0.2, -0.15) is 0 Å². The summed E-state index contributed by atoms with van der Waals surface area (Å²) < 4.78 is 0. The van der Waals surface area contributed by atoms with Crippen molar-refractivity contribution in [1.82, 2.24) is 10.3 Å². The first kappa shape index (κ1) is 20.6. The van der Waals surface area contributed by atoms with Crippen LogP contribution in [-0.2, 0) is 27.0 Å². The fourth-order valence-corrected chi connectivity index (χ4v) is 2.80. The molecule has 5 nitrogen and oxygen atoms in total. The summed E-state index contributed by atoms with van der Waals surface area (Å²) in [5.41, 5.74) is 3.72. The predicted octanol–water partition coefficient (Wildman–Crippen LogP) is 3.93. The Kier molecular flexibility index (Phi) is 6.04. The molecule has 27 heavy (non-hydrogen) atoms. The van der Waals surface area contributed by atoms with Crippen LogP contribution in [0.25, 0.3) is 0 Å². The lowest BCUT2D eigenvalue weighted by atomic mass is 9.85. The van der Waals surface area contributed by atoms with E-state index in [0.29, 0.717) is 5.69 Å². The van der Waals surface area contributed by atoms with Crippen LogP contribution in [0.5, 0.6) is 0 Å². The highest BCUT2D eigenvalue weighted by Crippen LogP contribution is 2.25. The van der Waals surface area contributed by atoms with Crippen molar-refractivity contribution in [3.63, 3.8) is 0 Å². The van der Waals surface area contributed by atoms with E-state index in [1.54, 1.807) is 12.4 Å². The molecule has 0 aliphatic carbocycles. The largest absolute Gasteiger partial charge is 0.344 e. The molecule has 0 saturated heterocycles. The number of aromatic nitrogens is 1. The molecule has 2 N–H and O–H groups in total. The molecule has 0 spiro atoms. The van der Waals surface area contributed by atoms with E-state index in [-0.39, 0.29) is 17.4 Å². The van der Waals surface area contributed by atoms with E-state index in [1.807, 2.05) is 30.3 Å². The van der Waals surface area contributed by atoms with Crippen molar-refractivity contribution >= 4 is 17.5 Å². The zero-order valence-corrected chi connectivity index (χ0v) is 17.0. The van der Waals surface area contributed by atoms with Crippen LogP contribution >= 0.6 is 0 Å². The van der Waals surface area contributed by atoms with Crippen LogP contribution in [0.4, 0.5) is 5.69 Å². The molecule has 0 saturated carbocycles. The normalized spacial score (nSPS) is 11.8. The van der Waals surface area contributed by atoms with E-state index in [9.17, 15) is 9.59 Å². The Balaban J connectivity index is 1.98. The van der Waals surface area contributed by atoms with Gasteiger partial charge in [-0.3, -0.25) is 14.6 Å². The van der Waals surface area contributed by atoms with Gasteiger partial charge in [0, 0.05) is 24.6 Å². The third-order valence-corrected chi connectivity index (χ3v) is 4.37. The first-order valence-electron chi connectivity index (χ1n) is 9.11. The average Bonchev–Trinajstić information content (AvgIpc) is 2.58. The first-order chi connectivity index (χ1) is 12.5. The van der Waals surface area contributed by atoms with Crippen LogP contribution in [0.15, 0.2) is 42.7 Å². The zero-order valence-electron chi connectivity index (χ0n) is 17.0. The van der Waals surface area contributed by atoms with Crippen LogP contribution in [-0.4, -0.2) is 16.8 Å². The van der Waals surface area contributed by atoms with Crippen molar-refractivity contribution < 1.29 is 9.59 Å². The van der Waals surface area contributed by atoms with Crippen molar-refractivity contribution in [3.8, 4) is 0 Å². The number of carbonyl (C=O) groups excluding carboxylic acids is 2. The van der Waals surface area contributed by atoms with Crippen molar-refractivity contribution in [1.29, 1.82) is 0 Å². The van der Waals surface area contributed by atoms with E-state index >= 15 is 0 Å². The first-order valence-corrected chi connectivity index (χ1v) is 9.11. The van der Waals surface area contributed by atoms with Gasteiger partial charge in [0.2, 0.25) is 0 Å². The molecular weight excluding hydrogens is 338 g/mol. The fraction of sp³-hybridized carbons (Fsp3) is 0.409. The van der Waals surface area contributed by atoms with E-state index < -0.39 is 11.8 Å². The van der Waals surface area contributed by atoms with Gasteiger partial charge < -0.3 is 10.6 Å². The number of nitrogens with one attached hydrogen (secondary N) is 2. The SMILES string of the molecule is CC(C)(C)c1ccc(NC(=O)C(=O)NCc2cnccc2C(C)(C)C)cc1.